The monoisotopic (exact) mass is 649 g/mol. The van der Waals surface area contributed by atoms with Crippen molar-refractivity contribution in [1.29, 1.82) is 0 Å². The third-order valence-electron chi connectivity index (χ3n) is 7.48. The highest BCUT2D eigenvalue weighted by molar-refractivity contribution is 7.92. The Morgan fingerprint density at radius 1 is 0.929 bits per heavy atom. The fourth-order valence-electron chi connectivity index (χ4n) is 4.99. The summed E-state index contributed by atoms with van der Waals surface area (Å²) in [5.41, 5.74) is 1.55. The van der Waals surface area contributed by atoms with Crippen molar-refractivity contribution in [1.82, 2.24) is 10.2 Å². The van der Waals surface area contributed by atoms with Crippen molar-refractivity contribution in [3.05, 3.63) is 92.9 Å². The van der Waals surface area contributed by atoms with E-state index in [0.29, 0.717) is 10.6 Å². The van der Waals surface area contributed by atoms with E-state index in [-0.39, 0.29) is 39.1 Å². The van der Waals surface area contributed by atoms with E-state index in [4.69, 9.17) is 34.8 Å². The molecule has 1 fully saturated rings. The summed E-state index contributed by atoms with van der Waals surface area (Å²) in [4.78, 5) is 28.9. The van der Waals surface area contributed by atoms with E-state index in [9.17, 15) is 18.0 Å². The van der Waals surface area contributed by atoms with Crippen LogP contribution in [0.3, 0.4) is 0 Å². The van der Waals surface area contributed by atoms with Crippen molar-refractivity contribution in [3.8, 4) is 0 Å². The van der Waals surface area contributed by atoms with Gasteiger partial charge in [0.15, 0.2) is 0 Å². The van der Waals surface area contributed by atoms with Gasteiger partial charge < -0.3 is 10.2 Å². The number of hydrogen-bond acceptors (Lipinski definition) is 4. The first kappa shape index (κ1) is 32.1. The first-order valence-corrected chi connectivity index (χ1v) is 16.4. The summed E-state index contributed by atoms with van der Waals surface area (Å²) in [7, 11) is -4.27. The lowest BCUT2D eigenvalue weighted by atomic mass is 9.95. The van der Waals surface area contributed by atoms with Crippen LogP contribution >= 0.6 is 34.8 Å². The molecule has 1 N–H and O–H groups in total. The Labute approximate surface area is 262 Å². The molecule has 0 spiro atoms. The zero-order chi connectivity index (χ0) is 30.4. The van der Waals surface area contributed by atoms with Gasteiger partial charge in [0, 0.05) is 22.6 Å². The van der Waals surface area contributed by atoms with Crippen LogP contribution in [0.15, 0.2) is 71.6 Å². The van der Waals surface area contributed by atoms with E-state index >= 15 is 0 Å². The minimum Gasteiger partial charge on any atom is -0.352 e. The normalized spacial score (nSPS) is 14.7. The van der Waals surface area contributed by atoms with Crippen LogP contribution in [-0.2, 0) is 26.2 Å². The second-order valence-corrected chi connectivity index (χ2v) is 13.7. The Morgan fingerprint density at radius 2 is 1.60 bits per heavy atom. The minimum atomic E-state index is -4.27. The molecule has 0 saturated heterocycles. The van der Waals surface area contributed by atoms with Crippen LogP contribution in [0.5, 0.6) is 0 Å². The molecule has 0 bridgehead atoms. The van der Waals surface area contributed by atoms with Gasteiger partial charge in [0.05, 0.1) is 15.6 Å². The molecule has 1 unspecified atom stereocenters. The molecule has 2 amide bonds. The highest BCUT2D eigenvalue weighted by Gasteiger charge is 2.34. The van der Waals surface area contributed by atoms with Gasteiger partial charge in [-0.2, -0.15) is 0 Å². The van der Waals surface area contributed by atoms with Gasteiger partial charge in [-0.3, -0.25) is 13.9 Å². The van der Waals surface area contributed by atoms with Gasteiger partial charge in [-0.1, -0.05) is 90.0 Å². The third-order valence-corrected chi connectivity index (χ3v) is 10.2. The van der Waals surface area contributed by atoms with E-state index in [2.05, 4.69) is 5.32 Å². The van der Waals surface area contributed by atoms with Gasteiger partial charge in [0.1, 0.15) is 12.6 Å². The Morgan fingerprint density at radius 3 is 2.26 bits per heavy atom. The van der Waals surface area contributed by atoms with Gasteiger partial charge in [-0.15, -0.1) is 0 Å². The van der Waals surface area contributed by atoms with Crippen LogP contribution in [0.25, 0.3) is 0 Å². The number of anilines is 1. The van der Waals surface area contributed by atoms with Gasteiger partial charge in [0.2, 0.25) is 11.8 Å². The Kier molecular flexibility index (Phi) is 10.8. The number of carbonyl (C=O) groups is 2. The summed E-state index contributed by atoms with van der Waals surface area (Å²) in [6, 6.07) is 16.9. The number of halogens is 3. The minimum absolute atomic E-state index is 0.000538. The fourth-order valence-corrected chi connectivity index (χ4v) is 7.05. The van der Waals surface area contributed by atoms with Gasteiger partial charge in [-0.05, 0) is 68.7 Å². The number of rotatable bonds is 10. The standard InChI is InChI=1S/C31H34Cl3N3O4S/c1-21-12-15-26(16-13-21)42(40,41)37(29-18-24(32)14-17-28(29)34)20-30(38)36(19-23-8-6-7-11-27(23)33)22(2)31(39)35-25-9-4-3-5-10-25/h6-8,11-18,22,25H,3-5,9-10,19-20H2,1-2H3,(H,35,39). The molecule has 0 heterocycles. The summed E-state index contributed by atoms with van der Waals surface area (Å²) >= 11 is 19.2. The Hall–Kier alpha value is -2.78. The fraction of sp³-hybridized carbons (Fsp3) is 0.355. The molecular weight excluding hydrogens is 617 g/mol. The first-order chi connectivity index (χ1) is 20.0. The summed E-state index contributed by atoms with van der Waals surface area (Å²) in [5.74, 6) is -0.913. The molecular formula is C31H34Cl3N3O4S. The Balaban J connectivity index is 1.72. The molecule has 3 aromatic carbocycles. The molecule has 224 valence electrons. The smallest absolute Gasteiger partial charge is 0.264 e. The predicted molar refractivity (Wildman–Crippen MR) is 169 cm³/mol. The van der Waals surface area contributed by atoms with Crippen molar-refractivity contribution in [3.63, 3.8) is 0 Å². The molecule has 0 radical (unpaired) electrons. The lowest BCUT2D eigenvalue weighted by Crippen LogP contribution is -2.53. The van der Waals surface area contributed by atoms with Crippen molar-refractivity contribution in [2.24, 2.45) is 0 Å². The third kappa shape index (κ3) is 7.78. The van der Waals surface area contributed by atoms with Crippen LogP contribution in [0.4, 0.5) is 5.69 Å². The number of nitrogens with zero attached hydrogens (tertiary/aromatic N) is 2. The van der Waals surface area contributed by atoms with Gasteiger partial charge >= 0.3 is 0 Å². The highest BCUT2D eigenvalue weighted by atomic mass is 35.5. The molecule has 42 heavy (non-hydrogen) atoms. The van der Waals surface area contributed by atoms with E-state index in [0.717, 1.165) is 42.0 Å². The van der Waals surface area contributed by atoms with Crippen LogP contribution < -0.4 is 9.62 Å². The number of benzene rings is 3. The maximum absolute atomic E-state index is 14.1. The quantitative estimate of drug-likeness (QED) is 0.256. The number of amides is 2. The zero-order valence-electron chi connectivity index (χ0n) is 23.5. The number of carbonyl (C=O) groups excluding carboxylic acids is 2. The number of aryl methyl sites for hydroxylation is 1. The van der Waals surface area contributed by atoms with Gasteiger partial charge in [-0.25, -0.2) is 8.42 Å². The lowest BCUT2D eigenvalue weighted by molar-refractivity contribution is -0.139. The van der Waals surface area contributed by atoms with Crippen LogP contribution in [0.2, 0.25) is 15.1 Å². The summed E-state index contributed by atoms with van der Waals surface area (Å²) in [6.07, 6.45) is 4.97. The van der Waals surface area contributed by atoms with Crippen molar-refractivity contribution < 1.29 is 18.0 Å². The zero-order valence-corrected chi connectivity index (χ0v) is 26.6. The van der Waals surface area contributed by atoms with Crippen molar-refractivity contribution >= 4 is 62.3 Å². The number of sulfonamides is 1. The largest absolute Gasteiger partial charge is 0.352 e. The lowest BCUT2D eigenvalue weighted by Gasteiger charge is -2.33. The molecule has 0 aliphatic heterocycles. The van der Waals surface area contributed by atoms with Crippen LogP contribution in [-0.4, -0.2) is 43.8 Å². The molecule has 1 aliphatic carbocycles. The van der Waals surface area contributed by atoms with E-state index in [1.54, 1.807) is 43.3 Å². The molecule has 11 heteroatoms. The number of hydrogen-bond donors (Lipinski definition) is 1. The molecule has 1 aliphatic rings. The first-order valence-electron chi connectivity index (χ1n) is 13.8. The Bertz CT molecular complexity index is 1530. The maximum atomic E-state index is 14.1. The molecule has 4 rings (SSSR count). The summed E-state index contributed by atoms with van der Waals surface area (Å²) in [6.45, 7) is 2.86. The molecule has 3 aromatic rings. The van der Waals surface area contributed by atoms with Crippen LogP contribution in [0, 0.1) is 6.92 Å². The van der Waals surface area contributed by atoms with E-state index in [1.807, 2.05) is 6.92 Å². The van der Waals surface area contributed by atoms with Crippen molar-refractivity contribution in [2.75, 3.05) is 10.8 Å². The topological polar surface area (TPSA) is 86.8 Å². The van der Waals surface area contributed by atoms with Crippen LogP contribution in [0.1, 0.15) is 50.2 Å². The molecule has 7 nitrogen and oxygen atoms in total. The average molecular weight is 651 g/mol. The SMILES string of the molecule is Cc1ccc(S(=O)(=O)N(CC(=O)N(Cc2ccccc2Cl)C(C)C(=O)NC2CCCCC2)c2cc(Cl)ccc2Cl)cc1. The second kappa shape index (κ2) is 14.1. The second-order valence-electron chi connectivity index (χ2n) is 10.6. The summed E-state index contributed by atoms with van der Waals surface area (Å²) < 4.78 is 28.9. The molecule has 1 saturated carbocycles. The summed E-state index contributed by atoms with van der Waals surface area (Å²) in [5, 5.41) is 3.86. The van der Waals surface area contributed by atoms with E-state index in [1.165, 1.54) is 35.2 Å². The number of nitrogens with one attached hydrogen (secondary N) is 1. The van der Waals surface area contributed by atoms with Crippen molar-refractivity contribution in [2.45, 2.75) is 69.5 Å². The maximum Gasteiger partial charge on any atom is 0.264 e. The highest BCUT2D eigenvalue weighted by Crippen LogP contribution is 2.33. The van der Waals surface area contributed by atoms with E-state index < -0.39 is 28.5 Å². The van der Waals surface area contributed by atoms with Gasteiger partial charge in [0.25, 0.3) is 10.0 Å². The molecule has 0 aromatic heterocycles. The average Bonchev–Trinajstić information content (AvgIpc) is 2.97. The predicted octanol–water partition coefficient (Wildman–Crippen LogP) is 7.02. The molecule has 1 atom stereocenters.